The third-order valence-electron chi connectivity index (χ3n) is 1.39. The van der Waals surface area contributed by atoms with Crippen LogP contribution in [0.25, 0.3) is 0 Å². The van der Waals surface area contributed by atoms with E-state index in [1.165, 1.54) is 0 Å². The zero-order valence-electron chi connectivity index (χ0n) is 7.57. The lowest BCUT2D eigenvalue weighted by Crippen LogP contribution is -2.05. The Labute approximate surface area is 85.7 Å². The SMILES string of the molecule is O=C(OCc1ccccc1)OP(=O)(O)O. The van der Waals surface area contributed by atoms with Crippen LogP contribution in [0.3, 0.4) is 0 Å². The van der Waals surface area contributed by atoms with Gasteiger partial charge in [0.25, 0.3) is 0 Å². The van der Waals surface area contributed by atoms with Crippen molar-refractivity contribution >= 4 is 14.0 Å². The van der Waals surface area contributed by atoms with E-state index < -0.39 is 14.0 Å². The van der Waals surface area contributed by atoms with Gasteiger partial charge < -0.3 is 9.26 Å². The van der Waals surface area contributed by atoms with Gasteiger partial charge in [-0.05, 0) is 5.56 Å². The largest absolute Gasteiger partial charge is 0.529 e. The van der Waals surface area contributed by atoms with Gasteiger partial charge in [0.2, 0.25) is 0 Å². The minimum atomic E-state index is -4.82. The smallest absolute Gasteiger partial charge is 0.429 e. The van der Waals surface area contributed by atoms with Crippen LogP contribution in [-0.4, -0.2) is 15.9 Å². The first-order chi connectivity index (χ1) is 6.97. The van der Waals surface area contributed by atoms with Crippen LogP contribution >= 0.6 is 7.82 Å². The van der Waals surface area contributed by atoms with E-state index in [1.807, 2.05) is 0 Å². The number of ether oxygens (including phenoxy) is 1. The molecule has 0 heterocycles. The molecule has 0 aliphatic rings. The minimum absolute atomic E-state index is 0.0975. The Hall–Kier alpha value is -1.36. The van der Waals surface area contributed by atoms with Gasteiger partial charge in [0.1, 0.15) is 6.61 Å². The number of hydrogen-bond acceptors (Lipinski definition) is 4. The molecule has 7 heteroatoms. The molecule has 0 saturated heterocycles. The molecule has 0 spiro atoms. The summed E-state index contributed by atoms with van der Waals surface area (Å²) in [7, 11) is -4.82. The zero-order valence-corrected chi connectivity index (χ0v) is 8.46. The number of carbonyl (C=O) groups excluding carboxylic acids is 1. The molecule has 15 heavy (non-hydrogen) atoms. The van der Waals surface area contributed by atoms with Crippen molar-refractivity contribution < 1.29 is 28.4 Å². The highest BCUT2D eigenvalue weighted by molar-refractivity contribution is 7.46. The molecule has 0 saturated carbocycles. The highest BCUT2D eigenvalue weighted by Gasteiger charge is 2.21. The summed E-state index contributed by atoms with van der Waals surface area (Å²) < 4.78 is 18.3. The highest BCUT2D eigenvalue weighted by atomic mass is 31.2. The lowest BCUT2D eigenvalue weighted by Gasteiger charge is -2.06. The summed E-state index contributed by atoms with van der Waals surface area (Å²) in [6, 6.07) is 8.67. The van der Waals surface area contributed by atoms with Crippen LogP contribution in [0, 0.1) is 0 Å². The molecule has 0 fully saturated rings. The number of phosphoric acid groups is 1. The standard InChI is InChI=1S/C8H9O6P/c9-8(14-15(10,11)12)13-6-7-4-2-1-3-5-7/h1-5H,6H2,(H2,10,11,12). The van der Waals surface area contributed by atoms with E-state index in [9.17, 15) is 9.36 Å². The maximum absolute atomic E-state index is 10.7. The molecule has 1 aromatic carbocycles. The predicted octanol–water partition coefficient (Wildman–Crippen LogP) is 1.43. The molecule has 0 unspecified atom stereocenters. The monoisotopic (exact) mass is 232 g/mol. The maximum Gasteiger partial charge on any atom is 0.529 e. The summed E-state index contributed by atoms with van der Waals surface area (Å²) in [5.41, 5.74) is 0.695. The fourth-order valence-corrected chi connectivity index (χ4v) is 1.09. The molecule has 0 atom stereocenters. The van der Waals surface area contributed by atoms with Crippen LogP contribution in [0.5, 0.6) is 0 Å². The van der Waals surface area contributed by atoms with Crippen molar-refractivity contribution in [2.45, 2.75) is 6.61 Å². The molecular weight excluding hydrogens is 223 g/mol. The van der Waals surface area contributed by atoms with Crippen LogP contribution in [0.1, 0.15) is 5.56 Å². The maximum atomic E-state index is 10.7. The predicted molar refractivity (Wildman–Crippen MR) is 49.8 cm³/mol. The van der Waals surface area contributed by atoms with Crippen molar-refractivity contribution in [2.75, 3.05) is 0 Å². The first-order valence-electron chi connectivity index (χ1n) is 3.93. The lowest BCUT2D eigenvalue weighted by molar-refractivity contribution is 0.0804. The zero-order chi connectivity index (χ0) is 11.3. The number of rotatable bonds is 3. The van der Waals surface area contributed by atoms with Crippen molar-refractivity contribution in [3.63, 3.8) is 0 Å². The Balaban J connectivity index is 2.39. The number of benzene rings is 1. The Kier molecular flexibility index (Phi) is 3.85. The number of hydrogen-bond donors (Lipinski definition) is 2. The van der Waals surface area contributed by atoms with E-state index in [4.69, 9.17) is 9.79 Å². The summed E-state index contributed by atoms with van der Waals surface area (Å²) in [6.07, 6.45) is -1.40. The van der Waals surface area contributed by atoms with Crippen LogP contribution in [-0.2, 0) is 20.4 Å². The van der Waals surface area contributed by atoms with Gasteiger partial charge in [-0.15, -0.1) is 0 Å². The highest BCUT2D eigenvalue weighted by Crippen LogP contribution is 2.36. The first kappa shape index (κ1) is 11.7. The van der Waals surface area contributed by atoms with Crippen molar-refractivity contribution in [3.8, 4) is 0 Å². The molecular formula is C8H9O6P. The van der Waals surface area contributed by atoms with Crippen molar-refractivity contribution in [3.05, 3.63) is 35.9 Å². The molecule has 2 N–H and O–H groups in total. The first-order valence-corrected chi connectivity index (χ1v) is 5.46. The molecule has 82 valence electrons. The van der Waals surface area contributed by atoms with Gasteiger partial charge in [-0.1, -0.05) is 30.3 Å². The molecule has 6 nitrogen and oxygen atoms in total. The van der Waals surface area contributed by atoms with Gasteiger partial charge in [-0.25, -0.2) is 9.36 Å². The third kappa shape index (κ3) is 5.17. The molecule has 0 aliphatic heterocycles. The summed E-state index contributed by atoms with van der Waals surface area (Å²) in [5.74, 6) is 0. The summed E-state index contributed by atoms with van der Waals surface area (Å²) in [4.78, 5) is 27.2. The summed E-state index contributed by atoms with van der Waals surface area (Å²) in [5, 5.41) is 0. The van der Waals surface area contributed by atoms with E-state index >= 15 is 0 Å². The van der Waals surface area contributed by atoms with Crippen LogP contribution in [0.15, 0.2) is 30.3 Å². The number of phosphoric ester groups is 1. The van der Waals surface area contributed by atoms with Gasteiger partial charge >= 0.3 is 14.0 Å². The molecule has 0 radical (unpaired) electrons. The van der Waals surface area contributed by atoms with Crippen LogP contribution in [0.4, 0.5) is 4.79 Å². The normalized spacial score (nSPS) is 10.8. The second kappa shape index (κ2) is 4.93. The fourth-order valence-electron chi connectivity index (χ4n) is 0.840. The summed E-state index contributed by atoms with van der Waals surface area (Å²) in [6.45, 7) is -0.0975. The van der Waals surface area contributed by atoms with Gasteiger partial charge in [-0.3, -0.25) is 9.79 Å². The quantitative estimate of drug-likeness (QED) is 0.604. The van der Waals surface area contributed by atoms with Crippen molar-refractivity contribution in [1.82, 2.24) is 0 Å². The van der Waals surface area contributed by atoms with Gasteiger partial charge in [0.15, 0.2) is 0 Å². The van der Waals surface area contributed by atoms with E-state index in [-0.39, 0.29) is 6.61 Å². The van der Waals surface area contributed by atoms with Gasteiger partial charge in [0.05, 0.1) is 0 Å². The topological polar surface area (TPSA) is 93.1 Å². The van der Waals surface area contributed by atoms with Gasteiger partial charge in [0, 0.05) is 0 Å². The summed E-state index contributed by atoms with van der Waals surface area (Å²) >= 11 is 0. The average molecular weight is 232 g/mol. The second-order valence-corrected chi connectivity index (χ2v) is 3.77. The van der Waals surface area contributed by atoms with Crippen LogP contribution in [0.2, 0.25) is 0 Å². The molecule has 0 aromatic heterocycles. The fraction of sp³-hybridized carbons (Fsp3) is 0.125. The van der Waals surface area contributed by atoms with Gasteiger partial charge in [-0.2, -0.15) is 0 Å². The van der Waals surface area contributed by atoms with E-state index in [0.717, 1.165) is 0 Å². The third-order valence-corrected chi connectivity index (χ3v) is 1.78. The Morgan fingerprint density at radius 2 is 1.87 bits per heavy atom. The van der Waals surface area contributed by atoms with E-state index in [1.54, 1.807) is 30.3 Å². The Bertz CT molecular complexity index is 370. The Morgan fingerprint density at radius 3 is 2.40 bits per heavy atom. The van der Waals surface area contributed by atoms with Crippen molar-refractivity contribution in [2.24, 2.45) is 0 Å². The molecule has 1 aromatic rings. The van der Waals surface area contributed by atoms with E-state index in [2.05, 4.69) is 9.26 Å². The van der Waals surface area contributed by atoms with Crippen LogP contribution < -0.4 is 0 Å². The second-order valence-electron chi connectivity index (χ2n) is 2.61. The van der Waals surface area contributed by atoms with Crippen molar-refractivity contribution in [1.29, 1.82) is 0 Å². The molecule has 0 bridgehead atoms. The average Bonchev–Trinajstić information content (AvgIpc) is 2.14. The lowest BCUT2D eigenvalue weighted by atomic mass is 10.2. The Morgan fingerprint density at radius 1 is 1.27 bits per heavy atom. The minimum Gasteiger partial charge on any atom is -0.429 e. The molecule has 0 amide bonds. The molecule has 1 rings (SSSR count). The number of carbonyl (C=O) groups is 1. The molecule has 0 aliphatic carbocycles. The van der Waals surface area contributed by atoms with E-state index in [0.29, 0.717) is 5.56 Å².